The van der Waals surface area contributed by atoms with Gasteiger partial charge in [0, 0.05) is 21.8 Å². The lowest BCUT2D eigenvalue weighted by atomic mass is 10.2. The first-order chi connectivity index (χ1) is 10.1. The number of fused-ring (bicyclic) bond motifs is 1. The van der Waals surface area contributed by atoms with E-state index in [9.17, 15) is 0 Å². The Labute approximate surface area is 141 Å². The maximum absolute atomic E-state index is 6.16. The summed E-state index contributed by atoms with van der Waals surface area (Å²) >= 11 is 15.7. The monoisotopic (exact) mass is 382 g/mol. The van der Waals surface area contributed by atoms with E-state index in [-0.39, 0.29) is 0 Å². The van der Waals surface area contributed by atoms with Gasteiger partial charge < -0.3 is 0 Å². The first-order valence-corrected chi connectivity index (χ1v) is 8.30. The van der Waals surface area contributed by atoms with Crippen molar-refractivity contribution < 1.29 is 0 Å². The van der Waals surface area contributed by atoms with Crippen LogP contribution in [0.1, 0.15) is 11.4 Å². The standard InChI is InChI=1S/C16H13BrCl2N2/c1-10-12(17)3-2-4-14(10)21-15-9-11(19)5-6-13(15)20-16(21)7-8-18/h2-6,9H,7-8H2,1H3. The summed E-state index contributed by atoms with van der Waals surface area (Å²) in [4.78, 5) is 4.70. The molecule has 3 aromatic rings. The molecule has 0 saturated heterocycles. The molecule has 0 fully saturated rings. The molecule has 0 aliphatic rings. The van der Waals surface area contributed by atoms with Crippen molar-refractivity contribution in [2.75, 3.05) is 5.88 Å². The molecule has 0 atom stereocenters. The largest absolute Gasteiger partial charge is 0.296 e. The van der Waals surface area contributed by atoms with Gasteiger partial charge in [-0.3, -0.25) is 4.57 Å². The van der Waals surface area contributed by atoms with Gasteiger partial charge in [0.25, 0.3) is 0 Å². The second-order valence-electron chi connectivity index (χ2n) is 4.82. The van der Waals surface area contributed by atoms with Crippen molar-refractivity contribution in [3.8, 4) is 5.69 Å². The number of rotatable bonds is 3. The summed E-state index contributed by atoms with van der Waals surface area (Å²) in [7, 11) is 0. The normalized spacial score (nSPS) is 11.2. The van der Waals surface area contributed by atoms with Crippen LogP contribution >= 0.6 is 39.1 Å². The summed E-state index contributed by atoms with van der Waals surface area (Å²) in [5.41, 5.74) is 4.18. The number of aryl methyl sites for hydroxylation is 1. The molecule has 2 aromatic carbocycles. The van der Waals surface area contributed by atoms with Crippen LogP contribution in [0.4, 0.5) is 0 Å². The molecule has 5 heteroatoms. The highest BCUT2D eigenvalue weighted by Gasteiger charge is 2.14. The van der Waals surface area contributed by atoms with Crippen LogP contribution in [0.5, 0.6) is 0 Å². The molecular weight excluding hydrogens is 371 g/mol. The lowest BCUT2D eigenvalue weighted by Crippen LogP contribution is -2.04. The first kappa shape index (κ1) is 14.9. The van der Waals surface area contributed by atoms with Crippen molar-refractivity contribution in [2.24, 2.45) is 0 Å². The highest BCUT2D eigenvalue weighted by molar-refractivity contribution is 9.10. The van der Waals surface area contributed by atoms with Gasteiger partial charge >= 0.3 is 0 Å². The Bertz CT molecular complexity index is 811. The number of hydrogen-bond acceptors (Lipinski definition) is 1. The number of hydrogen-bond donors (Lipinski definition) is 0. The molecule has 0 unspecified atom stereocenters. The molecule has 1 aromatic heterocycles. The van der Waals surface area contributed by atoms with Crippen molar-refractivity contribution in [1.29, 1.82) is 0 Å². The van der Waals surface area contributed by atoms with E-state index in [2.05, 4.69) is 33.5 Å². The van der Waals surface area contributed by atoms with Gasteiger partial charge in [0.2, 0.25) is 0 Å². The summed E-state index contributed by atoms with van der Waals surface area (Å²) in [5.74, 6) is 1.48. The van der Waals surface area contributed by atoms with Crippen LogP contribution in [0.25, 0.3) is 16.7 Å². The lowest BCUT2D eigenvalue weighted by molar-refractivity contribution is 0.906. The third kappa shape index (κ3) is 2.70. The number of halogens is 3. The van der Waals surface area contributed by atoms with E-state index in [0.717, 1.165) is 32.6 Å². The zero-order valence-electron chi connectivity index (χ0n) is 11.4. The molecule has 0 N–H and O–H groups in total. The molecule has 1 heterocycles. The average Bonchev–Trinajstić information content (AvgIpc) is 2.80. The van der Waals surface area contributed by atoms with Crippen LogP contribution in [0, 0.1) is 6.92 Å². The van der Waals surface area contributed by atoms with Gasteiger partial charge in [0.05, 0.1) is 16.7 Å². The number of imidazole rings is 1. The van der Waals surface area contributed by atoms with E-state index in [4.69, 9.17) is 28.2 Å². The summed E-state index contributed by atoms with van der Waals surface area (Å²) in [6.07, 6.45) is 0.708. The fourth-order valence-corrected chi connectivity index (χ4v) is 3.15. The minimum absolute atomic E-state index is 0.532. The van der Waals surface area contributed by atoms with Crippen molar-refractivity contribution in [3.63, 3.8) is 0 Å². The molecule has 0 amide bonds. The predicted molar refractivity (Wildman–Crippen MR) is 92.9 cm³/mol. The topological polar surface area (TPSA) is 17.8 Å². The number of benzene rings is 2. The van der Waals surface area contributed by atoms with Crippen LogP contribution in [0.2, 0.25) is 5.02 Å². The third-order valence-electron chi connectivity index (χ3n) is 3.48. The zero-order valence-corrected chi connectivity index (χ0v) is 14.5. The maximum Gasteiger partial charge on any atom is 0.115 e. The van der Waals surface area contributed by atoms with E-state index >= 15 is 0 Å². The van der Waals surface area contributed by atoms with E-state index in [0.29, 0.717) is 17.3 Å². The van der Waals surface area contributed by atoms with Crippen molar-refractivity contribution in [3.05, 3.63) is 57.3 Å². The number of alkyl halides is 1. The van der Waals surface area contributed by atoms with Crippen LogP contribution in [0.15, 0.2) is 40.9 Å². The molecule has 0 bridgehead atoms. The van der Waals surface area contributed by atoms with Gasteiger partial charge in [-0.1, -0.05) is 33.6 Å². The molecule has 21 heavy (non-hydrogen) atoms. The molecular formula is C16H13BrCl2N2. The maximum atomic E-state index is 6.16. The van der Waals surface area contributed by atoms with Crippen molar-refractivity contribution >= 4 is 50.2 Å². The van der Waals surface area contributed by atoms with Gasteiger partial charge in [-0.05, 0) is 42.8 Å². The smallest absolute Gasteiger partial charge is 0.115 e. The number of nitrogens with zero attached hydrogens (tertiary/aromatic N) is 2. The highest BCUT2D eigenvalue weighted by Crippen LogP contribution is 2.29. The molecule has 0 radical (unpaired) electrons. The van der Waals surface area contributed by atoms with E-state index in [1.807, 2.05) is 30.3 Å². The van der Waals surface area contributed by atoms with Crippen LogP contribution < -0.4 is 0 Å². The Kier molecular flexibility index (Phi) is 4.25. The van der Waals surface area contributed by atoms with Crippen LogP contribution in [-0.4, -0.2) is 15.4 Å². The lowest BCUT2D eigenvalue weighted by Gasteiger charge is -2.13. The van der Waals surface area contributed by atoms with E-state index in [1.54, 1.807) is 0 Å². The SMILES string of the molecule is Cc1c(Br)cccc1-n1c(CCCl)nc2ccc(Cl)cc21. The quantitative estimate of drug-likeness (QED) is 0.543. The van der Waals surface area contributed by atoms with E-state index < -0.39 is 0 Å². The third-order valence-corrected chi connectivity index (χ3v) is 4.77. The van der Waals surface area contributed by atoms with Crippen LogP contribution in [-0.2, 0) is 6.42 Å². The Morgan fingerprint density at radius 3 is 2.81 bits per heavy atom. The second-order valence-corrected chi connectivity index (χ2v) is 6.49. The zero-order chi connectivity index (χ0) is 15.0. The van der Waals surface area contributed by atoms with Crippen LogP contribution in [0.3, 0.4) is 0 Å². The molecule has 3 rings (SSSR count). The second kappa shape index (κ2) is 5.99. The van der Waals surface area contributed by atoms with Gasteiger partial charge in [-0.15, -0.1) is 11.6 Å². The average molecular weight is 384 g/mol. The molecule has 0 aliphatic heterocycles. The molecule has 0 aliphatic carbocycles. The molecule has 2 nitrogen and oxygen atoms in total. The molecule has 0 spiro atoms. The Balaban J connectivity index is 2.35. The Morgan fingerprint density at radius 2 is 2.05 bits per heavy atom. The van der Waals surface area contributed by atoms with Gasteiger partial charge in [-0.25, -0.2) is 4.98 Å². The minimum atomic E-state index is 0.532. The fourth-order valence-electron chi connectivity index (χ4n) is 2.46. The minimum Gasteiger partial charge on any atom is -0.296 e. The van der Waals surface area contributed by atoms with Gasteiger partial charge in [0.15, 0.2) is 0 Å². The van der Waals surface area contributed by atoms with Gasteiger partial charge in [0.1, 0.15) is 5.82 Å². The van der Waals surface area contributed by atoms with Crippen molar-refractivity contribution in [1.82, 2.24) is 9.55 Å². The summed E-state index contributed by atoms with van der Waals surface area (Å²) in [6, 6.07) is 11.9. The first-order valence-electron chi connectivity index (χ1n) is 6.60. The Morgan fingerprint density at radius 1 is 1.24 bits per heavy atom. The van der Waals surface area contributed by atoms with Crippen molar-refractivity contribution in [2.45, 2.75) is 13.3 Å². The number of aromatic nitrogens is 2. The van der Waals surface area contributed by atoms with Gasteiger partial charge in [-0.2, -0.15) is 0 Å². The summed E-state index contributed by atoms with van der Waals surface area (Å²) < 4.78 is 3.21. The fraction of sp³-hybridized carbons (Fsp3) is 0.188. The Hall–Kier alpha value is -1.03. The summed E-state index contributed by atoms with van der Waals surface area (Å²) in [6.45, 7) is 2.08. The molecule has 0 saturated carbocycles. The van der Waals surface area contributed by atoms with E-state index in [1.165, 1.54) is 0 Å². The highest BCUT2D eigenvalue weighted by atomic mass is 79.9. The summed E-state index contributed by atoms with van der Waals surface area (Å²) in [5, 5.41) is 0.703. The molecule has 108 valence electrons. The predicted octanol–water partition coefficient (Wildman–Crippen LogP) is 5.53.